The van der Waals surface area contributed by atoms with Gasteiger partial charge in [-0.1, -0.05) is 12.1 Å². The maximum absolute atomic E-state index is 12.3. The molecule has 1 aromatic carbocycles. The van der Waals surface area contributed by atoms with Crippen molar-refractivity contribution in [3.63, 3.8) is 0 Å². The highest BCUT2D eigenvalue weighted by molar-refractivity contribution is 5.96. The maximum atomic E-state index is 12.3. The second-order valence-corrected chi connectivity index (χ2v) is 3.90. The first-order valence-corrected chi connectivity index (χ1v) is 5.59. The van der Waals surface area contributed by atoms with E-state index in [1.807, 2.05) is 12.1 Å². The highest BCUT2D eigenvalue weighted by Gasteiger charge is 2.16. The van der Waals surface area contributed by atoms with Crippen LogP contribution in [0.25, 0.3) is 0 Å². The minimum absolute atomic E-state index is 0.0937. The summed E-state index contributed by atoms with van der Waals surface area (Å²) in [4.78, 5) is 20.9. The van der Waals surface area contributed by atoms with E-state index < -0.39 is 0 Å². The summed E-state index contributed by atoms with van der Waals surface area (Å²) in [5.74, 6) is 1.23. The van der Waals surface area contributed by atoms with E-state index in [2.05, 4.69) is 9.97 Å². The average molecular weight is 245 g/mol. The molecule has 5 heteroatoms. The normalized spacial score (nSPS) is 10.1. The summed E-state index contributed by atoms with van der Waals surface area (Å²) in [6, 6.07) is 7.17. The summed E-state index contributed by atoms with van der Waals surface area (Å²) >= 11 is 0. The van der Waals surface area contributed by atoms with Crippen LogP contribution in [-0.4, -0.2) is 34.9 Å². The first-order valence-electron chi connectivity index (χ1n) is 5.59. The zero-order valence-corrected chi connectivity index (χ0v) is 10.4. The second-order valence-electron chi connectivity index (χ2n) is 3.90. The number of para-hydroxylation sites is 1. The Kier molecular flexibility index (Phi) is 3.62. The van der Waals surface area contributed by atoms with Gasteiger partial charge in [-0.25, -0.2) is 4.98 Å². The third-order valence-electron chi connectivity index (χ3n) is 2.63. The molecule has 1 aromatic heterocycles. The lowest BCUT2D eigenvalue weighted by Crippen LogP contribution is -2.27. The smallest absolute Gasteiger partial charge is 0.257 e. The van der Waals surface area contributed by atoms with Gasteiger partial charge in [0.15, 0.2) is 0 Å². The summed E-state index contributed by atoms with van der Waals surface area (Å²) in [6.45, 7) is 0.434. The minimum atomic E-state index is -0.0937. The number of hydrogen-bond donors (Lipinski definition) is 1. The van der Waals surface area contributed by atoms with Crippen molar-refractivity contribution in [2.24, 2.45) is 0 Å². The van der Waals surface area contributed by atoms with Gasteiger partial charge in [0.1, 0.15) is 11.6 Å². The van der Waals surface area contributed by atoms with Gasteiger partial charge in [0.25, 0.3) is 5.91 Å². The van der Waals surface area contributed by atoms with E-state index in [0.717, 1.165) is 5.82 Å². The lowest BCUT2D eigenvalue weighted by molar-refractivity contribution is 0.0778. The highest BCUT2D eigenvalue weighted by atomic mass is 16.5. The van der Waals surface area contributed by atoms with E-state index in [9.17, 15) is 4.79 Å². The number of nitrogens with one attached hydrogen (secondary N) is 1. The standard InChI is InChI=1S/C13H15N3O2/c1-16(9-12-14-7-8-15-12)13(17)10-5-3-4-6-11(10)18-2/h3-8H,9H2,1-2H3,(H,14,15). The molecule has 0 unspecified atom stereocenters. The van der Waals surface area contributed by atoms with Crippen LogP contribution in [-0.2, 0) is 6.54 Å². The summed E-state index contributed by atoms with van der Waals surface area (Å²) in [6.07, 6.45) is 3.40. The molecule has 0 saturated heterocycles. The van der Waals surface area contributed by atoms with Crippen molar-refractivity contribution in [3.05, 3.63) is 48.0 Å². The number of amides is 1. The van der Waals surface area contributed by atoms with E-state index in [0.29, 0.717) is 17.9 Å². The molecular weight excluding hydrogens is 230 g/mol. The minimum Gasteiger partial charge on any atom is -0.496 e. The zero-order chi connectivity index (χ0) is 13.0. The van der Waals surface area contributed by atoms with Crippen molar-refractivity contribution in [2.75, 3.05) is 14.2 Å². The van der Waals surface area contributed by atoms with Gasteiger partial charge in [0.2, 0.25) is 0 Å². The third kappa shape index (κ3) is 2.51. The van der Waals surface area contributed by atoms with Gasteiger partial charge in [-0.2, -0.15) is 0 Å². The molecule has 0 bridgehead atoms. The molecule has 0 saturated carbocycles. The molecule has 0 aliphatic heterocycles. The summed E-state index contributed by atoms with van der Waals surface area (Å²) < 4.78 is 5.18. The van der Waals surface area contributed by atoms with Crippen LogP contribution in [0.2, 0.25) is 0 Å². The van der Waals surface area contributed by atoms with Gasteiger partial charge in [0, 0.05) is 19.4 Å². The number of carbonyl (C=O) groups excluding carboxylic acids is 1. The van der Waals surface area contributed by atoms with Crippen LogP contribution in [0.4, 0.5) is 0 Å². The van der Waals surface area contributed by atoms with E-state index in [1.54, 1.807) is 43.6 Å². The number of hydrogen-bond acceptors (Lipinski definition) is 3. The molecule has 0 spiro atoms. The van der Waals surface area contributed by atoms with Crippen molar-refractivity contribution >= 4 is 5.91 Å². The van der Waals surface area contributed by atoms with Crippen molar-refractivity contribution in [1.29, 1.82) is 0 Å². The van der Waals surface area contributed by atoms with Crippen molar-refractivity contribution < 1.29 is 9.53 Å². The molecule has 2 aromatic rings. The van der Waals surface area contributed by atoms with E-state index in [-0.39, 0.29) is 5.91 Å². The molecule has 0 atom stereocenters. The summed E-state index contributed by atoms with van der Waals surface area (Å²) in [5, 5.41) is 0. The molecular formula is C13H15N3O2. The number of methoxy groups -OCH3 is 1. The highest BCUT2D eigenvalue weighted by Crippen LogP contribution is 2.19. The molecule has 0 aliphatic carbocycles. The molecule has 0 aliphatic rings. The van der Waals surface area contributed by atoms with E-state index in [1.165, 1.54) is 0 Å². The van der Waals surface area contributed by atoms with Gasteiger partial charge in [-0.05, 0) is 12.1 Å². The van der Waals surface area contributed by atoms with Gasteiger partial charge in [0.05, 0.1) is 19.2 Å². The van der Waals surface area contributed by atoms with Crippen LogP contribution in [0.15, 0.2) is 36.7 Å². The summed E-state index contributed by atoms with van der Waals surface area (Å²) in [7, 11) is 3.29. The maximum Gasteiger partial charge on any atom is 0.257 e. The summed E-state index contributed by atoms with van der Waals surface area (Å²) in [5.41, 5.74) is 0.550. The predicted octanol–water partition coefficient (Wildman–Crippen LogP) is 1.69. The Labute approximate surface area is 105 Å². The number of rotatable bonds is 4. The molecule has 2 rings (SSSR count). The van der Waals surface area contributed by atoms with Crippen molar-refractivity contribution in [3.8, 4) is 5.75 Å². The Balaban J connectivity index is 2.15. The fraction of sp³-hybridized carbons (Fsp3) is 0.231. The molecule has 0 fully saturated rings. The zero-order valence-electron chi connectivity index (χ0n) is 10.4. The van der Waals surface area contributed by atoms with Gasteiger partial charge in [-0.3, -0.25) is 4.79 Å². The Morgan fingerprint density at radius 1 is 1.44 bits per heavy atom. The number of aromatic amines is 1. The SMILES string of the molecule is COc1ccccc1C(=O)N(C)Cc1ncc[nH]1. The average Bonchev–Trinajstić information content (AvgIpc) is 2.90. The number of carbonyl (C=O) groups is 1. The largest absolute Gasteiger partial charge is 0.496 e. The Hall–Kier alpha value is -2.30. The third-order valence-corrected chi connectivity index (χ3v) is 2.63. The number of H-pyrrole nitrogens is 1. The fourth-order valence-electron chi connectivity index (χ4n) is 1.71. The van der Waals surface area contributed by atoms with Crippen LogP contribution < -0.4 is 4.74 Å². The van der Waals surface area contributed by atoms with E-state index >= 15 is 0 Å². The van der Waals surface area contributed by atoms with Gasteiger partial charge < -0.3 is 14.6 Å². The quantitative estimate of drug-likeness (QED) is 0.891. The Bertz CT molecular complexity index is 523. The molecule has 1 N–H and O–H groups in total. The predicted molar refractivity (Wildman–Crippen MR) is 67.4 cm³/mol. The monoisotopic (exact) mass is 245 g/mol. The molecule has 1 amide bonds. The topological polar surface area (TPSA) is 58.2 Å². The first kappa shape index (κ1) is 12.2. The molecule has 1 heterocycles. The van der Waals surface area contributed by atoms with Crippen LogP contribution >= 0.6 is 0 Å². The molecule has 0 radical (unpaired) electrons. The second kappa shape index (κ2) is 5.35. The van der Waals surface area contributed by atoms with Crippen LogP contribution in [0.1, 0.15) is 16.2 Å². The lowest BCUT2D eigenvalue weighted by Gasteiger charge is -2.17. The van der Waals surface area contributed by atoms with E-state index in [4.69, 9.17) is 4.74 Å². The lowest BCUT2D eigenvalue weighted by atomic mass is 10.2. The van der Waals surface area contributed by atoms with Crippen LogP contribution in [0, 0.1) is 0 Å². The van der Waals surface area contributed by atoms with Gasteiger partial charge in [-0.15, -0.1) is 0 Å². The number of aromatic nitrogens is 2. The Morgan fingerprint density at radius 2 is 2.22 bits per heavy atom. The first-order chi connectivity index (χ1) is 8.72. The fourth-order valence-corrected chi connectivity index (χ4v) is 1.71. The van der Waals surface area contributed by atoms with Crippen LogP contribution in [0.3, 0.4) is 0 Å². The van der Waals surface area contributed by atoms with Gasteiger partial charge >= 0.3 is 0 Å². The molecule has 5 nitrogen and oxygen atoms in total. The van der Waals surface area contributed by atoms with Crippen molar-refractivity contribution in [2.45, 2.75) is 6.54 Å². The van der Waals surface area contributed by atoms with Crippen molar-refractivity contribution in [1.82, 2.24) is 14.9 Å². The Morgan fingerprint density at radius 3 is 2.89 bits per heavy atom. The molecule has 18 heavy (non-hydrogen) atoms. The number of benzene rings is 1. The molecule has 94 valence electrons. The van der Waals surface area contributed by atoms with Crippen LogP contribution in [0.5, 0.6) is 5.75 Å². The number of ether oxygens (including phenoxy) is 1. The number of nitrogens with zero attached hydrogens (tertiary/aromatic N) is 2. The number of imidazole rings is 1.